The molecule has 1 fully saturated rings. The van der Waals surface area contributed by atoms with Crippen molar-refractivity contribution in [3.8, 4) is 0 Å². The maximum absolute atomic E-state index is 13.8. The minimum atomic E-state index is -0.903. The minimum absolute atomic E-state index is 0.239. The fraction of sp³-hybridized carbons (Fsp3) is 0.172. The topological polar surface area (TPSA) is 88.5 Å². The number of carbonyl (C=O) groups excluding carboxylic acids is 3. The Morgan fingerprint density at radius 2 is 1.55 bits per heavy atom. The average Bonchev–Trinajstić information content (AvgIpc) is 3.37. The van der Waals surface area contributed by atoms with Crippen LogP contribution in [-0.4, -0.2) is 27.5 Å². The molecule has 6 rings (SSSR count). The van der Waals surface area contributed by atoms with Gasteiger partial charge in [-0.05, 0) is 60.5 Å². The largest absolute Gasteiger partial charge is 0.324 e. The molecule has 2 aliphatic heterocycles. The second-order valence-electron chi connectivity index (χ2n) is 9.57. The monoisotopic (exact) mass is 577 g/mol. The lowest BCUT2D eigenvalue weighted by atomic mass is 9.83. The molecule has 0 aliphatic carbocycles. The van der Waals surface area contributed by atoms with Gasteiger partial charge in [0.2, 0.25) is 17.7 Å². The van der Waals surface area contributed by atoms with Crippen LogP contribution in [0.15, 0.2) is 82.6 Å². The van der Waals surface area contributed by atoms with Crippen molar-refractivity contribution in [2.45, 2.75) is 29.7 Å². The lowest BCUT2D eigenvalue weighted by Gasteiger charge is -2.30. The summed E-state index contributed by atoms with van der Waals surface area (Å²) in [5.41, 5.74) is 2.29. The molecule has 3 aromatic carbocycles. The van der Waals surface area contributed by atoms with Crippen LogP contribution in [-0.2, 0) is 20.9 Å². The number of halogens is 2. The zero-order chi connectivity index (χ0) is 28.1. The Balaban J connectivity index is 1.41. The fourth-order valence-corrected chi connectivity index (χ4v) is 7.95. The molecule has 0 saturated carbocycles. The number of hydrogen-bond donors (Lipinski definition) is 1. The number of para-hydroxylation sites is 1. The van der Waals surface area contributed by atoms with Gasteiger partial charge in [-0.3, -0.25) is 23.7 Å². The molecule has 1 N–H and O–H groups in total. The van der Waals surface area contributed by atoms with Crippen molar-refractivity contribution in [2.24, 2.45) is 5.92 Å². The number of nitrogens with one attached hydrogen (secondary N) is 1. The summed E-state index contributed by atoms with van der Waals surface area (Å²) in [5, 5.41) is 2.34. The normalized spacial score (nSPS) is 19.9. The number of imide groups is 1. The first-order valence-corrected chi connectivity index (χ1v) is 14.1. The molecule has 3 unspecified atom stereocenters. The Hall–Kier alpha value is -4.09. The lowest BCUT2D eigenvalue weighted by Crippen LogP contribution is -2.33. The molecule has 40 heavy (non-hydrogen) atoms. The van der Waals surface area contributed by atoms with Crippen LogP contribution < -0.4 is 15.1 Å². The number of carbonyl (C=O) groups is 3. The first-order valence-electron chi connectivity index (χ1n) is 12.4. The van der Waals surface area contributed by atoms with Crippen LogP contribution in [0.2, 0.25) is 0 Å². The van der Waals surface area contributed by atoms with Crippen LogP contribution in [0.3, 0.4) is 0 Å². The number of thiazole rings is 1. The van der Waals surface area contributed by atoms with Crippen molar-refractivity contribution in [1.82, 2.24) is 4.57 Å². The second-order valence-corrected chi connectivity index (χ2v) is 11.7. The van der Waals surface area contributed by atoms with Crippen molar-refractivity contribution in [3.05, 3.63) is 110 Å². The Morgan fingerprint density at radius 3 is 2.23 bits per heavy atom. The SMILES string of the molecule is Cc1ccccc1NC(=O)Cn1c2c(sc1=O)C(c1ccc(F)cc1)C1C(=O)N(c3ccc(F)cc3)C(=O)C1S2. The molecule has 11 heteroatoms. The van der Waals surface area contributed by atoms with E-state index < -0.39 is 51.3 Å². The number of thioether (sulfide) groups is 1. The predicted octanol–water partition coefficient (Wildman–Crippen LogP) is 4.93. The van der Waals surface area contributed by atoms with E-state index in [0.717, 1.165) is 33.6 Å². The van der Waals surface area contributed by atoms with E-state index in [9.17, 15) is 28.0 Å². The number of rotatable bonds is 5. The first kappa shape index (κ1) is 26.1. The second kappa shape index (κ2) is 10.1. The smallest absolute Gasteiger partial charge is 0.308 e. The summed E-state index contributed by atoms with van der Waals surface area (Å²) in [6.45, 7) is 1.57. The van der Waals surface area contributed by atoms with E-state index in [1.54, 1.807) is 12.1 Å². The summed E-state index contributed by atoms with van der Waals surface area (Å²) < 4.78 is 28.7. The van der Waals surface area contributed by atoms with Crippen LogP contribution >= 0.6 is 23.1 Å². The number of fused-ring (bicyclic) bond motifs is 2. The molecule has 4 aromatic rings. The number of aromatic nitrogens is 1. The van der Waals surface area contributed by atoms with E-state index in [1.165, 1.54) is 53.1 Å². The molecule has 1 saturated heterocycles. The van der Waals surface area contributed by atoms with Crippen LogP contribution in [0.4, 0.5) is 20.2 Å². The molecule has 0 spiro atoms. The van der Waals surface area contributed by atoms with Gasteiger partial charge in [-0.25, -0.2) is 13.7 Å². The number of benzene rings is 3. The van der Waals surface area contributed by atoms with E-state index in [-0.39, 0.29) is 12.2 Å². The maximum Gasteiger partial charge on any atom is 0.308 e. The molecule has 3 amide bonds. The maximum atomic E-state index is 13.8. The average molecular weight is 578 g/mol. The fourth-order valence-electron chi connectivity index (χ4n) is 5.18. The minimum Gasteiger partial charge on any atom is -0.324 e. The van der Waals surface area contributed by atoms with E-state index in [0.29, 0.717) is 21.2 Å². The summed E-state index contributed by atoms with van der Waals surface area (Å²) in [5.74, 6) is -3.98. The first-order chi connectivity index (χ1) is 19.2. The van der Waals surface area contributed by atoms with Crippen molar-refractivity contribution in [2.75, 3.05) is 10.2 Å². The molecule has 3 atom stereocenters. The molecule has 2 aliphatic rings. The summed E-state index contributed by atoms with van der Waals surface area (Å²) >= 11 is 1.98. The summed E-state index contributed by atoms with van der Waals surface area (Å²) in [6.07, 6.45) is 0. The number of aryl methyl sites for hydroxylation is 1. The van der Waals surface area contributed by atoms with Crippen LogP contribution in [0.25, 0.3) is 0 Å². The summed E-state index contributed by atoms with van der Waals surface area (Å²) in [7, 11) is 0. The van der Waals surface area contributed by atoms with E-state index in [2.05, 4.69) is 5.32 Å². The highest BCUT2D eigenvalue weighted by atomic mass is 32.2. The van der Waals surface area contributed by atoms with Crippen molar-refractivity contribution < 1.29 is 23.2 Å². The predicted molar refractivity (Wildman–Crippen MR) is 149 cm³/mol. The Labute approximate surface area is 235 Å². The third kappa shape index (κ3) is 4.44. The van der Waals surface area contributed by atoms with E-state index in [1.807, 2.05) is 19.1 Å². The van der Waals surface area contributed by atoms with Gasteiger partial charge in [0.15, 0.2) is 0 Å². The third-order valence-corrected chi connectivity index (χ3v) is 9.69. The van der Waals surface area contributed by atoms with Crippen molar-refractivity contribution in [1.29, 1.82) is 0 Å². The summed E-state index contributed by atoms with van der Waals surface area (Å²) in [6, 6.07) is 17.9. The van der Waals surface area contributed by atoms with Gasteiger partial charge in [0.05, 0.1) is 16.6 Å². The third-order valence-electron chi connectivity index (χ3n) is 7.08. The Kier molecular flexibility index (Phi) is 6.63. The van der Waals surface area contributed by atoms with Gasteiger partial charge in [0.25, 0.3) is 0 Å². The van der Waals surface area contributed by atoms with Gasteiger partial charge in [0, 0.05) is 16.5 Å². The van der Waals surface area contributed by atoms with E-state index in [4.69, 9.17) is 0 Å². The molecular formula is C29H21F2N3O4S2. The number of nitrogens with zero attached hydrogens (tertiary/aromatic N) is 2. The van der Waals surface area contributed by atoms with Gasteiger partial charge in [-0.1, -0.05) is 53.4 Å². The van der Waals surface area contributed by atoms with Gasteiger partial charge in [-0.2, -0.15) is 0 Å². The highest BCUT2D eigenvalue weighted by Crippen LogP contribution is 2.53. The molecule has 0 bridgehead atoms. The highest BCUT2D eigenvalue weighted by molar-refractivity contribution is 8.00. The summed E-state index contributed by atoms with van der Waals surface area (Å²) in [4.78, 5) is 54.8. The van der Waals surface area contributed by atoms with Gasteiger partial charge < -0.3 is 5.32 Å². The van der Waals surface area contributed by atoms with Gasteiger partial charge in [0.1, 0.15) is 23.4 Å². The molecule has 3 heterocycles. The zero-order valence-electron chi connectivity index (χ0n) is 21.0. The van der Waals surface area contributed by atoms with Crippen LogP contribution in [0.1, 0.15) is 21.9 Å². The molecule has 202 valence electrons. The van der Waals surface area contributed by atoms with Gasteiger partial charge >= 0.3 is 4.87 Å². The highest BCUT2D eigenvalue weighted by Gasteiger charge is 2.56. The Bertz CT molecular complexity index is 1720. The quantitative estimate of drug-likeness (QED) is 0.340. The molecule has 7 nitrogen and oxygen atoms in total. The van der Waals surface area contributed by atoms with Crippen molar-refractivity contribution in [3.63, 3.8) is 0 Å². The van der Waals surface area contributed by atoms with Crippen LogP contribution in [0.5, 0.6) is 0 Å². The lowest BCUT2D eigenvalue weighted by molar-refractivity contribution is -0.122. The number of anilines is 2. The number of hydrogen-bond acceptors (Lipinski definition) is 6. The molecule has 1 aromatic heterocycles. The molecule has 0 radical (unpaired) electrons. The zero-order valence-corrected chi connectivity index (χ0v) is 22.6. The number of amides is 3. The molecular weight excluding hydrogens is 556 g/mol. The standard InChI is InChI=1S/C29H21F2N3O4S2/c1-15-4-2-3-5-20(15)32-21(35)14-33-28-25(40-29(33)38)22(16-6-8-17(30)9-7-16)23-24(39-28)27(37)34(26(23)36)19-12-10-18(31)11-13-19/h2-13,22-24H,14H2,1H3,(H,32,35). The van der Waals surface area contributed by atoms with E-state index >= 15 is 0 Å². The van der Waals surface area contributed by atoms with Crippen LogP contribution in [0, 0.1) is 24.5 Å². The van der Waals surface area contributed by atoms with Gasteiger partial charge in [-0.15, -0.1) is 0 Å². The Morgan fingerprint density at radius 1 is 0.900 bits per heavy atom. The van der Waals surface area contributed by atoms with Crippen molar-refractivity contribution >= 4 is 52.2 Å².